The standard InChI is InChI=1S/C32H28ClF3N12O4/c1-3-22-26(44-8-10-45(11-9-44)29(51)25-27(50)17(2)37-15-39-25)30(52)48-31(42-28(43-48)18-4-7-23-38-16-40-47(23)13-18)46(22)14-24(49)41-21-6-5-19(12-20(21)33)32(34,35)36/h4-7,12-13,15-16,50H,3,8-11,14H2,1-2H3,(H,41,49). The summed E-state index contributed by atoms with van der Waals surface area (Å²) < 4.78 is 43.8. The van der Waals surface area contributed by atoms with Crippen molar-refractivity contribution in [3.8, 4) is 17.1 Å². The molecule has 0 bridgehead atoms. The highest BCUT2D eigenvalue weighted by Gasteiger charge is 2.32. The van der Waals surface area contributed by atoms with Crippen LogP contribution in [-0.4, -0.2) is 91.7 Å². The molecule has 0 radical (unpaired) electrons. The van der Waals surface area contributed by atoms with E-state index >= 15 is 0 Å². The maximum atomic E-state index is 14.3. The minimum atomic E-state index is -4.63. The zero-order valence-electron chi connectivity index (χ0n) is 27.5. The van der Waals surface area contributed by atoms with Crippen molar-refractivity contribution in [1.29, 1.82) is 0 Å². The number of aromatic nitrogens is 9. The monoisotopic (exact) mass is 736 g/mol. The number of amides is 2. The third kappa shape index (κ3) is 6.22. The molecule has 16 nitrogen and oxygen atoms in total. The molecule has 0 saturated carbocycles. The number of nitrogens with zero attached hydrogens (tertiary/aromatic N) is 11. The second-order valence-electron chi connectivity index (χ2n) is 11.8. The quantitative estimate of drug-likeness (QED) is 0.246. The fraction of sp³-hybridized carbons (Fsp3) is 0.281. The van der Waals surface area contributed by atoms with Crippen molar-refractivity contribution >= 4 is 46.2 Å². The first-order valence-corrected chi connectivity index (χ1v) is 16.3. The lowest BCUT2D eigenvalue weighted by Gasteiger charge is -2.36. The number of rotatable bonds is 7. The predicted octanol–water partition coefficient (Wildman–Crippen LogP) is 3.24. The summed E-state index contributed by atoms with van der Waals surface area (Å²) in [5.74, 6) is -1.26. The van der Waals surface area contributed by atoms with Gasteiger partial charge in [0.2, 0.25) is 11.7 Å². The molecule has 0 spiro atoms. The van der Waals surface area contributed by atoms with Gasteiger partial charge in [-0.1, -0.05) is 18.5 Å². The molecule has 52 heavy (non-hydrogen) atoms. The van der Waals surface area contributed by atoms with Crippen molar-refractivity contribution in [2.45, 2.75) is 33.0 Å². The van der Waals surface area contributed by atoms with Gasteiger partial charge >= 0.3 is 6.18 Å². The number of carbonyl (C=O) groups excluding carboxylic acids is 2. The average Bonchev–Trinajstić information content (AvgIpc) is 3.79. The van der Waals surface area contributed by atoms with Crippen LogP contribution in [0.1, 0.15) is 34.4 Å². The Balaban J connectivity index is 1.26. The Morgan fingerprint density at radius 1 is 1.04 bits per heavy atom. The van der Waals surface area contributed by atoms with E-state index in [1.165, 1.54) is 26.6 Å². The van der Waals surface area contributed by atoms with Gasteiger partial charge in [0.1, 0.15) is 24.9 Å². The Hall–Kier alpha value is -6.11. The molecule has 0 unspecified atom stereocenters. The Bertz CT molecular complexity index is 2440. The van der Waals surface area contributed by atoms with Crippen LogP contribution >= 0.6 is 11.6 Å². The summed E-state index contributed by atoms with van der Waals surface area (Å²) in [6, 6.07) is 6.01. The third-order valence-electron chi connectivity index (χ3n) is 8.66. The summed E-state index contributed by atoms with van der Waals surface area (Å²) in [5.41, 5.74) is 0.345. The van der Waals surface area contributed by atoms with E-state index in [0.29, 0.717) is 16.9 Å². The Morgan fingerprint density at radius 2 is 1.81 bits per heavy atom. The van der Waals surface area contributed by atoms with Crippen LogP contribution in [0.15, 0.2) is 54.0 Å². The number of hydrogen-bond acceptors (Lipinski definition) is 11. The maximum Gasteiger partial charge on any atom is 0.416 e. The lowest BCUT2D eigenvalue weighted by Crippen LogP contribution is -2.51. The number of pyridine rings is 1. The molecule has 1 aliphatic rings. The fourth-order valence-electron chi connectivity index (χ4n) is 6.03. The average molecular weight is 737 g/mol. The van der Waals surface area contributed by atoms with Crippen LogP contribution in [0.4, 0.5) is 24.5 Å². The number of hydrogen-bond donors (Lipinski definition) is 2. The molecule has 1 aromatic carbocycles. The number of alkyl halides is 3. The van der Waals surface area contributed by atoms with Crippen LogP contribution in [0.2, 0.25) is 5.02 Å². The van der Waals surface area contributed by atoms with Gasteiger partial charge in [0, 0.05) is 37.9 Å². The van der Waals surface area contributed by atoms with Gasteiger partial charge in [0.15, 0.2) is 22.9 Å². The van der Waals surface area contributed by atoms with Crippen molar-refractivity contribution in [2.24, 2.45) is 0 Å². The topological polar surface area (TPSA) is 181 Å². The first-order valence-electron chi connectivity index (χ1n) is 15.9. The second kappa shape index (κ2) is 13.2. The summed E-state index contributed by atoms with van der Waals surface area (Å²) in [7, 11) is 0. The van der Waals surface area contributed by atoms with Crippen molar-refractivity contribution in [3.05, 3.63) is 87.2 Å². The molecule has 6 heterocycles. The van der Waals surface area contributed by atoms with Gasteiger partial charge in [0.05, 0.1) is 27.7 Å². The van der Waals surface area contributed by atoms with Gasteiger partial charge in [-0.25, -0.2) is 19.5 Å². The Labute approximate surface area is 296 Å². The Morgan fingerprint density at radius 3 is 2.52 bits per heavy atom. The fourth-order valence-corrected chi connectivity index (χ4v) is 6.26. The number of nitrogens with one attached hydrogen (secondary N) is 1. The summed E-state index contributed by atoms with van der Waals surface area (Å²) >= 11 is 6.12. The van der Waals surface area contributed by atoms with Crippen molar-refractivity contribution < 1.29 is 27.9 Å². The zero-order valence-corrected chi connectivity index (χ0v) is 28.2. The van der Waals surface area contributed by atoms with E-state index in [9.17, 15) is 32.7 Å². The third-order valence-corrected chi connectivity index (χ3v) is 8.97. The molecule has 0 atom stereocenters. The number of anilines is 2. The Kier molecular flexibility index (Phi) is 8.73. The number of benzene rings is 1. The molecule has 2 N–H and O–H groups in total. The molecule has 5 aromatic heterocycles. The van der Waals surface area contributed by atoms with Gasteiger partial charge in [-0.3, -0.25) is 14.4 Å². The van der Waals surface area contributed by atoms with Crippen LogP contribution in [-0.2, 0) is 23.9 Å². The minimum absolute atomic E-state index is 0.0380. The maximum absolute atomic E-state index is 14.3. The molecular weight excluding hydrogens is 709 g/mol. The zero-order chi connectivity index (χ0) is 36.9. The molecule has 20 heteroatoms. The highest BCUT2D eigenvalue weighted by atomic mass is 35.5. The molecule has 1 saturated heterocycles. The minimum Gasteiger partial charge on any atom is -0.504 e. The summed E-state index contributed by atoms with van der Waals surface area (Å²) in [4.78, 5) is 61.0. The van der Waals surface area contributed by atoms with E-state index < -0.39 is 35.7 Å². The lowest BCUT2D eigenvalue weighted by atomic mass is 10.2. The van der Waals surface area contributed by atoms with Gasteiger partial charge in [-0.15, -0.1) is 5.10 Å². The summed E-state index contributed by atoms with van der Waals surface area (Å²) in [6.45, 7) is 3.71. The predicted molar refractivity (Wildman–Crippen MR) is 180 cm³/mol. The van der Waals surface area contributed by atoms with Crippen molar-refractivity contribution in [1.82, 2.24) is 48.6 Å². The molecular formula is C32H28ClF3N12O4. The summed E-state index contributed by atoms with van der Waals surface area (Å²) in [6.07, 6.45) is -0.150. The molecule has 0 aliphatic carbocycles. The van der Waals surface area contributed by atoms with Gasteiger partial charge in [-0.05, 0) is 43.7 Å². The van der Waals surface area contributed by atoms with E-state index in [4.69, 9.17) is 11.6 Å². The van der Waals surface area contributed by atoms with Gasteiger partial charge < -0.3 is 24.8 Å². The van der Waals surface area contributed by atoms with Crippen LogP contribution < -0.4 is 15.8 Å². The SMILES string of the molecule is CCc1c(N2CCN(C(=O)c3ncnc(C)c3O)CC2)c(=O)n2nc(-c3ccc4ncnn4c3)nc2n1CC(=O)Nc1ccc(C(F)(F)F)cc1Cl. The van der Waals surface area contributed by atoms with E-state index in [1.807, 2.05) is 0 Å². The van der Waals surface area contributed by atoms with Crippen molar-refractivity contribution in [2.75, 3.05) is 36.4 Å². The van der Waals surface area contributed by atoms with E-state index in [0.717, 1.165) is 22.7 Å². The number of halogens is 4. The summed E-state index contributed by atoms with van der Waals surface area (Å²) in [5, 5.41) is 21.3. The number of fused-ring (bicyclic) bond motifs is 2. The van der Waals surface area contributed by atoms with E-state index in [-0.39, 0.29) is 77.7 Å². The van der Waals surface area contributed by atoms with Crippen LogP contribution in [0.3, 0.4) is 0 Å². The van der Waals surface area contributed by atoms with Gasteiger partial charge in [-0.2, -0.15) is 27.8 Å². The highest BCUT2D eigenvalue weighted by molar-refractivity contribution is 6.33. The van der Waals surface area contributed by atoms with E-state index in [1.54, 1.807) is 37.1 Å². The van der Waals surface area contributed by atoms with E-state index in [2.05, 4.69) is 35.5 Å². The molecule has 7 rings (SSSR count). The second-order valence-corrected chi connectivity index (χ2v) is 12.3. The first kappa shape index (κ1) is 34.3. The largest absolute Gasteiger partial charge is 0.504 e. The van der Waals surface area contributed by atoms with Crippen LogP contribution in [0.5, 0.6) is 5.75 Å². The molecule has 6 aromatic rings. The smallest absolute Gasteiger partial charge is 0.416 e. The van der Waals surface area contributed by atoms with Crippen LogP contribution in [0.25, 0.3) is 22.8 Å². The molecule has 1 aliphatic heterocycles. The number of piperazine rings is 1. The first-order chi connectivity index (χ1) is 24.8. The molecule has 2 amide bonds. The van der Waals surface area contributed by atoms with Gasteiger partial charge in [0.25, 0.3) is 11.5 Å². The van der Waals surface area contributed by atoms with Crippen molar-refractivity contribution in [3.63, 3.8) is 0 Å². The number of aryl methyl sites for hydroxylation is 1. The highest BCUT2D eigenvalue weighted by Crippen LogP contribution is 2.34. The normalized spacial score (nSPS) is 13.7. The number of carbonyl (C=O) groups is 2. The lowest BCUT2D eigenvalue weighted by molar-refractivity contribution is -0.137. The molecule has 1 fully saturated rings. The van der Waals surface area contributed by atoms with Crippen LogP contribution in [0, 0.1) is 6.92 Å². The number of aromatic hydroxyl groups is 1. The molecule has 268 valence electrons.